The maximum atomic E-state index is 12.2. The molecule has 0 aliphatic heterocycles. The molecule has 40 heavy (non-hydrogen) atoms. The van der Waals surface area contributed by atoms with E-state index in [1.807, 2.05) is 0 Å². The van der Waals surface area contributed by atoms with Crippen molar-refractivity contribution in [3.8, 4) is 23.0 Å². The number of aromatic hydroxyl groups is 2. The number of carboxylic acid groups (broad SMARTS) is 1. The zero-order valence-corrected chi connectivity index (χ0v) is 26.0. The summed E-state index contributed by atoms with van der Waals surface area (Å²) in [5, 5.41) is 31.5. The summed E-state index contributed by atoms with van der Waals surface area (Å²) in [4.78, 5) is 12.2. The predicted octanol–water partition coefficient (Wildman–Crippen LogP) is 10.3. The topological polar surface area (TPSA) is 96.2 Å². The molecule has 0 atom stereocenters. The van der Waals surface area contributed by atoms with Crippen LogP contribution < -0.4 is 9.47 Å². The van der Waals surface area contributed by atoms with Crippen molar-refractivity contribution in [2.24, 2.45) is 0 Å². The van der Waals surface area contributed by atoms with E-state index >= 15 is 0 Å². The zero-order valence-electron chi connectivity index (χ0n) is 26.0. The highest BCUT2D eigenvalue weighted by molar-refractivity contribution is 5.96. The van der Waals surface area contributed by atoms with Crippen LogP contribution in [0.25, 0.3) is 0 Å². The van der Waals surface area contributed by atoms with Crippen LogP contribution >= 0.6 is 0 Å². The molecule has 0 bridgehead atoms. The van der Waals surface area contributed by atoms with Gasteiger partial charge in [-0.25, -0.2) is 4.79 Å². The molecule has 0 aliphatic rings. The van der Waals surface area contributed by atoms with Gasteiger partial charge in [-0.2, -0.15) is 0 Å². The minimum absolute atomic E-state index is 0.0913. The standard InChI is InChI=1S/C34H60O6/c1-4-7-10-13-15-17-20-23-26-39-32-28(25-22-19-12-9-6-3)29(34(37)38)30(35)31(36)33(32)40-27-24-21-18-16-14-11-8-5-2/h35-36H,4-27H2,1-3H3,(H,37,38). The van der Waals surface area contributed by atoms with Crippen LogP contribution in [0.2, 0.25) is 0 Å². The molecular weight excluding hydrogens is 504 g/mol. The van der Waals surface area contributed by atoms with Crippen LogP contribution in [-0.2, 0) is 6.42 Å². The largest absolute Gasteiger partial charge is 0.504 e. The summed E-state index contributed by atoms with van der Waals surface area (Å²) in [6.45, 7) is 7.42. The first kappa shape index (κ1) is 35.9. The van der Waals surface area contributed by atoms with Gasteiger partial charge >= 0.3 is 5.97 Å². The summed E-state index contributed by atoms with van der Waals surface area (Å²) in [7, 11) is 0. The van der Waals surface area contributed by atoms with Crippen LogP contribution in [-0.4, -0.2) is 34.5 Å². The minimum Gasteiger partial charge on any atom is -0.504 e. The third-order valence-electron chi connectivity index (χ3n) is 7.69. The first-order valence-electron chi connectivity index (χ1n) is 16.6. The smallest absolute Gasteiger partial charge is 0.340 e. The fourth-order valence-electron chi connectivity index (χ4n) is 5.21. The van der Waals surface area contributed by atoms with Crippen molar-refractivity contribution in [2.45, 2.75) is 162 Å². The maximum Gasteiger partial charge on any atom is 0.340 e. The van der Waals surface area contributed by atoms with Gasteiger partial charge in [-0.3, -0.25) is 0 Å². The average Bonchev–Trinajstić information content (AvgIpc) is 2.94. The van der Waals surface area contributed by atoms with Crippen LogP contribution in [0.4, 0.5) is 0 Å². The SMILES string of the molecule is CCCCCCCCCCOc1c(O)c(O)c(C(=O)O)c(CCCCCCC)c1OCCCCCCCCCC. The van der Waals surface area contributed by atoms with E-state index < -0.39 is 17.5 Å². The number of carboxylic acids is 1. The number of phenolic OH excluding ortho intramolecular Hbond substituents is 1. The number of ether oxygens (including phenoxy) is 2. The first-order valence-corrected chi connectivity index (χ1v) is 16.6. The Morgan fingerprint density at radius 3 is 1.32 bits per heavy atom. The maximum absolute atomic E-state index is 12.2. The van der Waals surface area contributed by atoms with E-state index in [0.717, 1.165) is 70.6 Å². The van der Waals surface area contributed by atoms with E-state index in [-0.39, 0.29) is 11.3 Å². The molecule has 1 rings (SSSR count). The molecule has 6 heteroatoms. The van der Waals surface area contributed by atoms with Crippen LogP contribution in [0.3, 0.4) is 0 Å². The zero-order chi connectivity index (χ0) is 29.4. The Hall–Kier alpha value is -2.11. The lowest BCUT2D eigenvalue weighted by Crippen LogP contribution is -2.11. The first-order chi connectivity index (χ1) is 19.5. The number of hydrogen-bond donors (Lipinski definition) is 3. The molecule has 232 valence electrons. The van der Waals surface area contributed by atoms with Crippen LogP contribution in [0.15, 0.2) is 0 Å². The monoisotopic (exact) mass is 564 g/mol. The van der Waals surface area contributed by atoms with E-state index in [2.05, 4.69) is 20.8 Å². The van der Waals surface area contributed by atoms with Gasteiger partial charge in [0, 0.05) is 5.56 Å². The van der Waals surface area contributed by atoms with E-state index in [1.165, 1.54) is 64.2 Å². The van der Waals surface area contributed by atoms with Gasteiger partial charge in [-0.05, 0) is 25.7 Å². The number of unbranched alkanes of at least 4 members (excludes halogenated alkanes) is 18. The Labute approximate surface area is 244 Å². The van der Waals surface area contributed by atoms with Crippen LogP contribution in [0.5, 0.6) is 23.0 Å². The molecule has 0 heterocycles. The van der Waals surface area contributed by atoms with E-state index in [4.69, 9.17) is 9.47 Å². The average molecular weight is 565 g/mol. The molecule has 0 aromatic heterocycles. The minimum atomic E-state index is -1.26. The molecule has 0 amide bonds. The van der Waals surface area contributed by atoms with Gasteiger partial charge in [0.05, 0.1) is 13.2 Å². The van der Waals surface area contributed by atoms with Gasteiger partial charge in [0.2, 0.25) is 11.5 Å². The Balaban J connectivity index is 2.92. The fourth-order valence-corrected chi connectivity index (χ4v) is 5.21. The number of benzene rings is 1. The number of hydrogen-bond acceptors (Lipinski definition) is 5. The molecule has 0 spiro atoms. The van der Waals surface area contributed by atoms with Crippen molar-refractivity contribution >= 4 is 5.97 Å². The molecule has 1 aromatic carbocycles. The molecule has 6 nitrogen and oxygen atoms in total. The van der Waals surface area contributed by atoms with E-state index in [1.54, 1.807) is 0 Å². The predicted molar refractivity (Wildman–Crippen MR) is 165 cm³/mol. The Morgan fingerprint density at radius 2 is 0.900 bits per heavy atom. The third-order valence-corrected chi connectivity index (χ3v) is 7.69. The van der Waals surface area contributed by atoms with Crippen molar-refractivity contribution in [1.29, 1.82) is 0 Å². The van der Waals surface area contributed by atoms with Gasteiger partial charge in [0.1, 0.15) is 5.56 Å². The molecule has 0 fully saturated rings. The summed E-state index contributed by atoms with van der Waals surface area (Å²) in [5.74, 6) is -2.03. The summed E-state index contributed by atoms with van der Waals surface area (Å²) < 4.78 is 12.2. The van der Waals surface area contributed by atoms with Gasteiger partial charge in [-0.1, -0.05) is 136 Å². The number of rotatable bonds is 27. The number of phenols is 2. The van der Waals surface area contributed by atoms with Crippen molar-refractivity contribution in [3.05, 3.63) is 11.1 Å². The normalized spacial score (nSPS) is 11.2. The fraction of sp³-hybridized carbons (Fsp3) is 0.794. The summed E-state index contributed by atoms with van der Waals surface area (Å²) in [5.41, 5.74) is 0.170. The molecule has 0 radical (unpaired) electrons. The van der Waals surface area contributed by atoms with Crippen LogP contribution in [0, 0.1) is 0 Å². The summed E-state index contributed by atoms with van der Waals surface area (Å²) in [6, 6.07) is 0. The molecule has 1 aromatic rings. The lowest BCUT2D eigenvalue weighted by Gasteiger charge is -2.21. The summed E-state index contributed by atoms with van der Waals surface area (Å²) >= 11 is 0. The quantitative estimate of drug-likeness (QED) is 0.0726. The molecule has 0 aliphatic carbocycles. The molecule has 0 unspecified atom stereocenters. The lowest BCUT2D eigenvalue weighted by molar-refractivity contribution is 0.0690. The highest BCUT2D eigenvalue weighted by Crippen LogP contribution is 2.49. The molecule has 0 saturated carbocycles. The second-order valence-corrected chi connectivity index (χ2v) is 11.3. The lowest BCUT2D eigenvalue weighted by atomic mass is 9.97. The highest BCUT2D eigenvalue weighted by atomic mass is 16.5. The van der Waals surface area contributed by atoms with Crippen molar-refractivity contribution < 1.29 is 29.6 Å². The second-order valence-electron chi connectivity index (χ2n) is 11.3. The van der Waals surface area contributed by atoms with Crippen molar-refractivity contribution in [2.75, 3.05) is 13.2 Å². The number of aromatic carboxylic acids is 1. The molecular formula is C34H60O6. The molecule has 3 N–H and O–H groups in total. The van der Waals surface area contributed by atoms with E-state index in [9.17, 15) is 20.1 Å². The van der Waals surface area contributed by atoms with Gasteiger partial charge in [0.15, 0.2) is 11.5 Å². The van der Waals surface area contributed by atoms with E-state index in [0.29, 0.717) is 30.9 Å². The van der Waals surface area contributed by atoms with Crippen molar-refractivity contribution in [1.82, 2.24) is 0 Å². The molecule has 0 saturated heterocycles. The Kier molecular flexibility index (Phi) is 21.2. The Morgan fingerprint density at radius 1 is 0.525 bits per heavy atom. The number of carbonyl (C=O) groups is 1. The van der Waals surface area contributed by atoms with Crippen molar-refractivity contribution in [3.63, 3.8) is 0 Å². The second kappa shape index (κ2) is 23.6. The van der Waals surface area contributed by atoms with Crippen LogP contribution in [0.1, 0.15) is 172 Å². The summed E-state index contributed by atoms with van der Waals surface area (Å²) in [6.07, 6.45) is 24.3. The van der Waals surface area contributed by atoms with Gasteiger partial charge in [-0.15, -0.1) is 0 Å². The van der Waals surface area contributed by atoms with Gasteiger partial charge in [0.25, 0.3) is 0 Å². The third kappa shape index (κ3) is 14.5. The highest BCUT2D eigenvalue weighted by Gasteiger charge is 2.29. The van der Waals surface area contributed by atoms with Gasteiger partial charge < -0.3 is 24.8 Å². The Bertz CT molecular complexity index is 791.